The third-order valence-corrected chi connectivity index (χ3v) is 3.19. The second-order valence-electron chi connectivity index (χ2n) is 4.79. The molecule has 0 amide bonds. The number of anilines is 1. The lowest BCUT2D eigenvalue weighted by molar-refractivity contribution is 0.491. The quantitative estimate of drug-likeness (QED) is 0.861. The summed E-state index contributed by atoms with van der Waals surface area (Å²) in [5.74, 6) is -1.40. The molecule has 0 radical (unpaired) electrons. The Hall–Kier alpha value is -2.85. The van der Waals surface area contributed by atoms with E-state index in [9.17, 15) is 14.9 Å². The minimum Gasteiger partial charge on any atom is -0.356 e. The fourth-order valence-electron chi connectivity index (χ4n) is 2.04. The predicted molar refractivity (Wildman–Crippen MR) is 95.6 cm³/mol. The fraction of sp³-hybridized carbons (Fsp3) is 0.389. The SMILES string of the molecule is [2H]C([2H])([2H])n1c(=O)cc(N2C([2H])([2H])C([2H])([2H])C([2H])([2H])[C@@]([2H])(N)C2([2H])[2H])n(C([2H])([2H])c2ccccc2C#N)c1=O. The Morgan fingerprint density at radius 1 is 1.52 bits per heavy atom. The van der Waals surface area contributed by atoms with E-state index >= 15 is 0 Å². The van der Waals surface area contributed by atoms with Gasteiger partial charge in [0.1, 0.15) is 5.82 Å². The van der Waals surface area contributed by atoms with Crippen molar-refractivity contribution in [3.63, 3.8) is 0 Å². The minimum absolute atomic E-state index is 0.142. The number of benzene rings is 1. The van der Waals surface area contributed by atoms with Gasteiger partial charge in [-0.1, -0.05) is 18.2 Å². The maximum absolute atomic E-state index is 13.5. The molecule has 1 aliphatic heterocycles. The summed E-state index contributed by atoms with van der Waals surface area (Å²) in [4.78, 5) is 26.0. The minimum atomic E-state index is -3.89. The van der Waals surface area contributed by atoms with Crippen molar-refractivity contribution in [1.29, 1.82) is 5.26 Å². The van der Waals surface area contributed by atoms with Crippen LogP contribution < -0.4 is 21.9 Å². The molecule has 1 saturated heterocycles. The molecule has 2 aromatic rings. The second-order valence-corrected chi connectivity index (χ2v) is 4.79. The van der Waals surface area contributed by atoms with Gasteiger partial charge in [-0.2, -0.15) is 5.26 Å². The molecule has 1 atom stereocenters. The third kappa shape index (κ3) is 3.35. The highest BCUT2D eigenvalue weighted by Crippen LogP contribution is 2.19. The van der Waals surface area contributed by atoms with Crippen molar-refractivity contribution in [1.82, 2.24) is 9.13 Å². The first-order chi connectivity index (χ1) is 17.3. The van der Waals surface area contributed by atoms with E-state index in [1.54, 1.807) is 6.07 Å². The monoisotopic (exact) mass is 353 g/mol. The molecular weight excluding hydrogens is 318 g/mol. The molecule has 0 aliphatic carbocycles. The Labute approximate surface area is 165 Å². The van der Waals surface area contributed by atoms with Crippen molar-refractivity contribution >= 4 is 5.82 Å². The number of nitrogens with two attached hydrogens (primary N) is 1. The van der Waals surface area contributed by atoms with Crippen LogP contribution in [0.15, 0.2) is 39.9 Å². The summed E-state index contributed by atoms with van der Waals surface area (Å²) >= 11 is 0. The van der Waals surface area contributed by atoms with Crippen molar-refractivity contribution in [2.45, 2.75) is 25.3 Å². The van der Waals surface area contributed by atoms with Gasteiger partial charge in [0.15, 0.2) is 0 Å². The molecule has 0 saturated carbocycles. The molecule has 0 spiro atoms. The number of nitrogens with zero attached hydrogens (tertiary/aromatic N) is 4. The molecule has 3 rings (SSSR count). The second kappa shape index (κ2) is 6.95. The van der Waals surface area contributed by atoms with Crippen molar-refractivity contribution in [3.8, 4) is 6.07 Å². The van der Waals surface area contributed by atoms with Gasteiger partial charge in [0.05, 0.1) is 23.6 Å². The van der Waals surface area contributed by atoms with Gasteiger partial charge in [0.25, 0.3) is 5.56 Å². The number of rotatable bonds is 3. The smallest absolute Gasteiger partial charge is 0.332 e. The highest BCUT2D eigenvalue weighted by Gasteiger charge is 2.22. The fourth-order valence-corrected chi connectivity index (χ4v) is 2.04. The lowest BCUT2D eigenvalue weighted by Crippen LogP contribution is -2.47. The zero-order chi connectivity index (χ0) is 30.4. The Morgan fingerprint density at radius 3 is 3.08 bits per heavy atom. The summed E-state index contributed by atoms with van der Waals surface area (Å²) in [5, 5.41) is 9.49. The lowest BCUT2D eigenvalue weighted by atomic mass is 10.1. The molecule has 2 heterocycles. The van der Waals surface area contributed by atoms with Crippen LogP contribution in [0.2, 0.25) is 0 Å². The van der Waals surface area contributed by atoms with Crippen LogP contribution in [-0.4, -0.2) is 28.1 Å². The van der Waals surface area contributed by atoms with Gasteiger partial charge in [-0.15, -0.1) is 0 Å². The first-order valence-corrected chi connectivity index (χ1v) is 6.84. The molecule has 0 unspecified atom stereocenters. The number of hydrogen-bond acceptors (Lipinski definition) is 5. The summed E-state index contributed by atoms with van der Waals surface area (Å²) in [5.41, 5.74) is 0.951. The molecule has 1 aromatic carbocycles. The van der Waals surface area contributed by atoms with Gasteiger partial charge < -0.3 is 10.6 Å². The molecule has 1 aromatic heterocycles. The number of aromatic nitrogens is 2. The van der Waals surface area contributed by atoms with E-state index in [0.717, 1.165) is 12.1 Å². The van der Waals surface area contributed by atoms with Crippen LogP contribution in [0.5, 0.6) is 0 Å². The Balaban J connectivity index is 2.63. The zero-order valence-corrected chi connectivity index (χ0v) is 12.6. The molecule has 1 aliphatic rings. The van der Waals surface area contributed by atoms with Crippen molar-refractivity contribution in [2.75, 3.05) is 17.9 Å². The van der Waals surface area contributed by atoms with Gasteiger partial charge in [0, 0.05) is 45.8 Å². The average molecular weight is 353 g/mol. The van der Waals surface area contributed by atoms with Crippen LogP contribution in [0.25, 0.3) is 0 Å². The van der Waals surface area contributed by atoms with Crippen molar-refractivity contribution in [3.05, 3.63) is 62.3 Å². The third-order valence-electron chi connectivity index (χ3n) is 3.19. The molecule has 7 heteroatoms. The highest BCUT2D eigenvalue weighted by atomic mass is 16.2. The van der Waals surface area contributed by atoms with E-state index in [1.807, 2.05) is 0 Å². The van der Waals surface area contributed by atoms with Crippen LogP contribution in [0.3, 0.4) is 0 Å². The number of nitriles is 1. The van der Waals surface area contributed by atoms with Crippen LogP contribution in [0.4, 0.5) is 5.82 Å². The van der Waals surface area contributed by atoms with Gasteiger partial charge >= 0.3 is 5.69 Å². The molecule has 1 fully saturated rings. The van der Waals surface area contributed by atoms with E-state index in [1.165, 1.54) is 12.1 Å². The molecule has 0 bridgehead atoms. The molecule has 130 valence electrons. The van der Waals surface area contributed by atoms with E-state index in [-0.39, 0.29) is 20.1 Å². The predicted octanol–water partition coefficient (Wildman–Crippen LogP) is 0.394. The van der Waals surface area contributed by atoms with Crippen molar-refractivity contribution < 1.29 is 19.2 Å². The van der Waals surface area contributed by atoms with Gasteiger partial charge in [-0.05, 0) is 24.4 Å². The van der Waals surface area contributed by atoms with E-state index in [4.69, 9.17) is 24.9 Å². The maximum Gasteiger partial charge on any atom is 0.332 e. The number of piperidine rings is 1. The normalized spacial score (nSPS) is 37.7. The lowest BCUT2D eigenvalue weighted by Gasteiger charge is -2.34. The number of hydrogen-bond donors (Lipinski definition) is 1. The van der Waals surface area contributed by atoms with Gasteiger partial charge in [-0.25, -0.2) is 4.79 Å². The van der Waals surface area contributed by atoms with Gasteiger partial charge in [-0.3, -0.25) is 13.9 Å². The van der Waals surface area contributed by atoms with Crippen molar-refractivity contribution in [2.24, 2.45) is 12.7 Å². The van der Waals surface area contributed by atoms with E-state index in [0.29, 0.717) is 0 Å². The first kappa shape index (κ1) is 6.81. The topological polar surface area (TPSA) is 97.1 Å². The standard InChI is InChI=1S/C18H21N5O2/c1-21-17(24)9-16(22-8-4-7-15(20)12-22)23(18(21)25)11-14-6-3-2-5-13(14)10-19/h2-3,5-6,9,15H,4,7-8,11-12,20H2,1H3/t15-/m1/s1/i1D3,4D2,7D2,8D2,11D2,12D2,15D. The van der Waals surface area contributed by atoms with E-state index < -0.39 is 73.4 Å². The van der Waals surface area contributed by atoms with Crippen LogP contribution in [0.1, 0.15) is 43.1 Å². The molecule has 7 nitrogen and oxygen atoms in total. The molecular formula is C18H21N5O2. The van der Waals surface area contributed by atoms with Gasteiger partial charge in [0.2, 0.25) is 0 Å². The Bertz CT molecular complexity index is 1450. The van der Waals surface area contributed by atoms with Crippen LogP contribution in [-0.2, 0) is 13.5 Å². The summed E-state index contributed by atoms with van der Waals surface area (Å²) in [6.45, 7) is -14.6. The largest absolute Gasteiger partial charge is 0.356 e. The first-order valence-electron chi connectivity index (χ1n) is 13.8. The van der Waals surface area contributed by atoms with Crippen LogP contribution in [0, 0.1) is 11.3 Å². The van der Waals surface area contributed by atoms with E-state index in [2.05, 4.69) is 0 Å². The highest BCUT2D eigenvalue weighted by molar-refractivity contribution is 5.42. The summed E-state index contributed by atoms with van der Waals surface area (Å²) in [6.07, 6.45) is -7.60. The van der Waals surface area contributed by atoms with Crippen LogP contribution >= 0.6 is 0 Å². The Morgan fingerprint density at radius 2 is 2.32 bits per heavy atom. The average Bonchev–Trinajstić information content (AvgIpc) is 2.76. The summed E-state index contributed by atoms with van der Waals surface area (Å²) < 4.78 is 114. The Kier molecular flexibility index (Phi) is 1.89. The summed E-state index contributed by atoms with van der Waals surface area (Å²) in [6, 6.07) is 2.84. The summed E-state index contributed by atoms with van der Waals surface area (Å²) in [7, 11) is 0. The zero-order valence-electron chi connectivity index (χ0n) is 26.6. The molecule has 25 heavy (non-hydrogen) atoms. The maximum atomic E-state index is 13.5. The molecule has 2 N–H and O–H groups in total.